The minimum absolute atomic E-state index is 0.0916. The van der Waals surface area contributed by atoms with E-state index in [1.807, 2.05) is 26.0 Å². The summed E-state index contributed by atoms with van der Waals surface area (Å²) >= 11 is 0. The standard InChI is InChI=1S/C27H35N3O5/c1-18(2)17-28-26(32)24(29-25(31)20-9-11-21(34-3)12-10-20)19-13-15-30(16-14-19)27(33)22-7-5-6-8-23(22)35-4/h5-12,18-19,24H,13-17H2,1-4H3,(H,28,32)(H,29,31). The summed E-state index contributed by atoms with van der Waals surface area (Å²) in [4.78, 5) is 40.9. The number of rotatable bonds is 9. The first-order valence-corrected chi connectivity index (χ1v) is 12.0. The molecular weight excluding hydrogens is 446 g/mol. The van der Waals surface area contributed by atoms with Gasteiger partial charge in [0.1, 0.15) is 17.5 Å². The third kappa shape index (κ3) is 6.74. The van der Waals surface area contributed by atoms with Crippen LogP contribution in [0.1, 0.15) is 47.4 Å². The highest BCUT2D eigenvalue weighted by Gasteiger charge is 2.34. The van der Waals surface area contributed by atoms with Crippen molar-refractivity contribution in [2.75, 3.05) is 33.9 Å². The first-order valence-electron chi connectivity index (χ1n) is 12.0. The number of likely N-dealkylation sites (tertiary alicyclic amines) is 1. The van der Waals surface area contributed by atoms with Gasteiger partial charge in [0.05, 0.1) is 19.8 Å². The van der Waals surface area contributed by atoms with Crippen molar-refractivity contribution in [3.05, 3.63) is 59.7 Å². The van der Waals surface area contributed by atoms with E-state index in [1.165, 1.54) is 0 Å². The van der Waals surface area contributed by atoms with Gasteiger partial charge in [-0.05, 0) is 61.1 Å². The lowest BCUT2D eigenvalue weighted by Gasteiger charge is -2.36. The average Bonchev–Trinajstić information content (AvgIpc) is 2.89. The number of ether oxygens (including phenoxy) is 2. The molecule has 1 saturated heterocycles. The van der Waals surface area contributed by atoms with Crippen molar-refractivity contribution in [2.45, 2.75) is 32.7 Å². The lowest BCUT2D eigenvalue weighted by molar-refractivity contribution is -0.124. The van der Waals surface area contributed by atoms with Crippen molar-refractivity contribution in [1.29, 1.82) is 0 Å². The van der Waals surface area contributed by atoms with Crippen LogP contribution in [0.3, 0.4) is 0 Å². The molecule has 3 amide bonds. The van der Waals surface area contributed by atoms with E-state index in [1.54, 1.807) is 55.5 Å². The number of para-hydroxylation sites is 1. The number of hydrogen-bond acceptors (Lipinski definition) is 5. The van der Waals surface area contributed by atoms with Gasteiger partial charge in [0.15, 0.2) is 0 Å². The van der Waals surface area contributed by atoms with Crippen molar-refractivity contribution in [1.82, 2.24) is 15.5 Å². The van der Waals surface area contributed by atoms with Gasteiger partial charge in [-0.25, -0.2) is 0 Å². The van der Waals surface area contributed by atoms with E-state index in [4.69, 9.17) is 9.47 Å². The Morgan fingerprint density at radius 2 is 1.63 bits per heavy atom. The Kier molecular flexibility index (Phi) is 9.11. The Morgan fingerprint density at radius 3 is 2.23 bits per heavy atom. The number of carbonyl (C=O) groups is 3. The van der Waals surface area contributed by atoms with Crippen molar-refractivity contribution in [3.8, 4) is 11.5 Å². The summed E-state index contributed by atoms with van der Waals surface area (Å²) in [6.07, 6.45) is 1.20. The van der Waals surface area contributed by atoms with Crippen LogP contribution in [-0.2, 0) is 4.79 Å². The lowest BCUT2D eigenvalue weighted by Crippen LogP contribution is -2.54. The highest BCUT2D eigenvalue weighted by atomic mass is 16.5. The molecule has 1 atom stereocenters. The minimum atomic E-state index is -0.688. The van der Waals surface area contributed by atoms with Crippen molar-refractivity contribution in [3.63, 3.8) is 0 Å². The Balaban J connectivity index is 1.70. The van der Waals surface area contributed by atoms with Crippen molar-refractivity contribution >= 4 is 17.7 Å². The summed E-state index contributed by atoms with van der Waals surface area (Å²) in [7, 11) is 3.11. The number of nitrogens with one attached hydrogen (secondary N) is 2. The van der Waals surface area contributed by atoms with E-state index in [2.05, 4.69) is 10.6 Å². The predicted octanol–water partition coefficient (Wildman–Crippen LogP) is 3.13. The maximum Gasteiger partial charge on any atom is 0.257 e. The molecule has 0 spiro atoms. The van der Waals surface area contributed by atoms with Gasteiger partial charge >= 0.3 is 0 Å². The maximum absolute atomic E-state index is 13.1. The van der Waals surface area contributed by atoms with Crippen LogP contribution in [0.5, 0.6) is 11.5 Å². The molecule has 35 heavy (non-hydrogen) atoms. The van der Waals surface area contributed by atoms with Crippen LogP contribution in [0.2, 0.25) is 0 Å². The molecule has 2 N–H and O–H groups in total. The van der Waals surface area contributed by atoms with E-state index in [9.17, 15) is 14.4 Å². The monoisotopic (exact) mass is 481 g/mol. The summed E-state index contributed by atoms with van der Waals surface area (Å²) in [5.41, 5.74) is 0.976. The number of nitrogens with zero attached hydrogens (tertiary/aromatic N) is 1. The number of carbonyl (C=O) groups excluding carboxylic acids is 3. The van der Waals surface area contributed by atoms with Crippen LogP contribution in [0.15, 0.2) is 48.5 Å². The molecule has 0 bridgehead atoms. The van der Waals surface area contributed by atoms with Gasteiger partial charge < -0.3 is 25.0 Å². The molecule has 1 aliphatic heterocycles. The fourth-order valence-corrected chi connectivity index (χ4v) is 4.21. The molecule has 1 fully saturated rings. The largest absolute Gasteiger partial charge is 0.497 e. The van der Waals surface area contributed by atoms with Gasteiger partial charge in [0.2, 0.25) is 5.91 Å². The highest BCUT2D eigenvalue weighted by molar-refractivity contribution is 5.98. The van der Waals surface area contributed by atoms with Gasteiger partial charge in [-0.15, -0.1) is 0 Å². The molecule has 0 aliphatic carbocycles. The van der Waals surface area contributed by atoms with Crippen molar-refractivity contribution in [2.24, 2.45) is 11.8 Å². The summed E-state index contributed by atoms with van der Waals surface area (Å²) in [5.74, 6) is 0.782. The molecule has 8 nitrogen and oxygen atoms in total. The maximum atomic E-state index is 13.1. The van der Waals surface area contributed by atoms with Crippen molar-refractivity contribution < 1.29 is 23.9 Å². The molecule has 0 saturated carbocycles. The highest BCUT2D eigenvalue weighted by Crippen LogP contribution is 2.26. The van der Waals surface area contributed by atoms with Crippen LogP contribution >= 0.6 is 0 Å². The van der Waals surface area contributed by atoms with E-state index in [-0.39, 0.29) is 29.6 Å². The third-order valence-corrected chi connectivity index (χ3v) is 6.24. The smallest absolute Gasteiger partial charge is 0.257 e. The first kappa shape index (κ1) is 26.1. The number of methoxy groups -OCH3 is 2. The molecule has 3 rings (SSSR count). The summed E-state index contributed by atoms with van der Waals surface area (Å²) in [6, 6.07) is 13.2. The Labute approximate surface area is 207 Å². The number of benzene rings is 2. The quantitative estimate of drug-likeness (QED) is 0.574. The van der Waals surface area contributed by atoms with E-state index < -0.39 is 6.04 Å². The Bertz CT molecular complexity index is 1010. The van der Waals surface area contributed by atoms with E-state index >= 15 is 0 Å². The molecule has 1 aliphatic rings. The van der Waals surface area contributed by atoms with E-state index in [0.29, 0.717) is 55.1 Å². The zero-order chi connectivity index (χ0) is 25.4. The number of piperidine rings is 1. The van der Waals surface area contributed by atoms with Crippen LogP contribution in [-0.4, -0.2) is 62.5 Å². The molecule has 188 valence electrons. The predicted molar refractivity (Wildman–Crippen MR) is 134 cm³/mol. The molecule has 1 heterocycles. The van der Waals surface area contributed by atoms with Gasteiger partial charge in [-0.2, -0.15) is 0 Å². The first-order chi connectivity index (χ1) is 16.8. The molecule has 0 aromatic heterocycles. The number of amides is 3. The zero-order valence-corrected chi connectivity index (χ0v) is 20.9. The minimum Gasteiger partial charge on any atom is -0.497 e. The molecule has 8 heteroatoms. The topological polar surface area (TPSA) is 97.0 Å². The van der Waals surface area contributed by atoms with E-state index in [0.717, 1.165) is 0 Å². The second-order valence-electron chi connectivity index (χ2n) is 9.15. The fourth-order valence-electron chi connectivity index (χ4n) is 4.21. The molecule has 1 unspecified atom stereocenters. The van der Waals surface area contributed by atoms with Gasteiger partial charge in [-0.3, -0.25) is 14.4 Å². The second-order valence-corrected chi connectivity index (χ2v) is 9.15. The lowest BCUT2D eigenvalue weighted by atomic mass is 9.88. The van der Waals surface area contributed by atoms with Crippen LogP contribution < -0.4 is 20.1 Å². The Morgan fingerprint density at radius 1 is 0.971 bits per heavy atom. The average molecular weight is 482 g/mol. The fraction of sp³-hybridized carbons (Fsp3) is 0.444. The van der Waals surface area contributed by atoms with Gasteiger partial charge in [0, 0.05) is 25.2 Å². The molecular formula is C27H35N3O5. The summed E-state index contributed by atoms with van der Waals surface area (Å²) in [5, 5.41) is 5.90. The summed E-state index contributed by atoms with van der Waals surface area (Å²) in [6.45, 7) is 5.56. The molecule has 2 aromatic carbocycles. The van der Waals surface area contributed by atoms with Gasteiger partial charge in [-0.1, -0.05) is 26.0 Å². The van der Waals surface area contributed by atoms with Crippen LogP contribution in [0, 0.1) is 11.8 Å². The second kappa shape index (κ2) is 12.2. The van der Waals surface area contributed by atoms with Gasteiger partial charge in [0.25, 0.3) is 11.8 Å². The zero-order valence-electron chi connectivity index (χ0n) is 20.9. The normalized spacial score (nSPS) is 14.8. The van der Waals surface area contributed by atoms with Crippen LogP contribution in [0.4, 0.5) is 0 Å². The summed E-state index contributed by atoms with van der Waals surface area (Å²) < 4.78 is 10.5. The molecule has 0 radical (unpaired) electrons. The third-order valence-electron chi connectivity index (χ3n) is 6.24. The SMILES string of the molecule is COc1ccc(C(=O)NC(C(=O)NCC(C)C)C2CCN(C(=O)c3ccccc3OC)CC2)cc1. The van der Waals surface area contributed by atoms with Crippen LogP contribution in [0.25, 0.3) is 0 Å². The number of hydrogen-bond donors (Lipinski definition) is 2. The molecule has 2 aromatic rings. The Hall–Kier alpha value is -3.55.